The predicted octanol–water partition coefficient (Wildman–Crippen LogP) is 5.52. The Balaban J connectivity index is 1.71. The van der Waals surface area contributed by atoms with E-state index in [0.717, 1.165) is 18.4 Å². The van der Waals surface area contributed by atoms with Gasteiger partial charge in [0.1, 0.15) is 8.80 Å². The van der Waals surface area contributed by atoms with E-state index < -0.39 is 8.80 Å². The van der Waals surface area contributed by atoms with Gasteiger partial charge in [0.2, 0.25) is 0 Å². The first-order valence-electron chi connectivity index (χ1n) is 10.2. The van der Waals surface area contributed by atoms with Crippen molar-refractivity contribution < 1.29 is 0 Å². The Kier molecular flexibility index (Phi) is 4.48. The third kappa shape index (κ3) is 3.82. The van der Waals surface area contributed by atoms with Crippen LogP contribution in [0.2, 0.25) is 13.1 Å². The summed E-state index contributed by atoms with van der Waals surface area (Å²) in [7, 11) is -0.453. The van der Waals surface area contributed by atoms with E-state index in [1.54, 1.807) is 16.7 Å². The molecule has 2 heteroatoms. The van der Waals surface area contributed by atoms with Crippen molar-refractivity contribution in [1.29, 1.82) is 0 Å². The SMILES string of the molecule is C[Si](C)C#CC1Cc2c(C3CC3)ccc(NCC3CC3)c2C(C)(C)C1. The van der Waals surface area contributed by atoms with E-state index in [4.69, 9.17) is 0 Å². The van der Waals surface area contributed by atoms with E-state index in [1.165, 1.54) is 44.2 Å². The van der Waals surface area contributed by atoms with Gasteiger partial charge in [-0.15, -0.1) is 11.5 Å². The third-order valence-corrected chi connectivity index (χ3v) is 6.70. The molecule has 1 aromatic carbocycles. The highest BCUT2D eigenvalue weighted by Crippen LogP contribution is 2.50. The molecule has 25 heavy (non-hydrogen) atoms. The normalized spacial score (nSPS) is 24.4. The van der Waals surface area contributed by atoms with Crippen LogP contribution in [0.4, 0.5) is 5.69 Å². The topological polar surface area (TPSA) is 12.0 Å². The first-order valence-corrected chi connectivity index (χ1v) is 12.7. The molecule has 1 radical (unpaired) electrons. The van der Waals surface area contributed by atoms with Crippen LogP contribution >= 0.6 is 0 Å². The van der Waals surface area contributed by atoms with Gasteiger partial charge in [0.05, 0.1) is 0 Å². The number of anilines is 1. The lowest BCUT2D eigenvalue weighted by atomic mass is 9.66. The van der Waals surface area contributed by atoms with Gasteiger partial charge >= 0.3 is 0 Å². The van der Waals surface area contributed by atoms with Crippen LogP contribution < -0.4 is 5.32 Å². The summed E-state index contributed by atoms with van der Waals surface area (Å²) in [5, 5.41) is 3.81. The fourth-order valence-corrected chi connectivity index (χ4v) is 5.04. The summed E-state index contributed by atoms with van der Waals surface area (Å²) in [6, 6.07) is 4.83. The zero-order valence-corrected chi connectivity index (χ0v) is 17.3. The molecule has 0 bridgehead atoms. The van der Waals surface area contributed by atoms with E-state index in [-0.39, 0.29) is 5.41 Å². The van der Waals surface area contributed by atoms with E-state index in [2.05, 4.69) is 55.9 Å². The first kappa shape index (κ1) is 17.2. The second-order valence-corrected chi connectivity index (χ2v) is 11.7. The molecular weight excluding hydrogens is 318 g/mol. The van der Waals surface area contributed by atoms with Crippen LogP contribution in [0, 0.1) is 23.3 Å². The molecular formula is C23H32NSi. The number of nitrogens with one attached hydrogen (secondary N) is 1. The van der Waals surface area contributed by atoms with Gasteiger partial charge in [-0.3, -0.25) is 0 Å². The van der Waals surface area contributed by atoms with Gasteiger partial charge in [-0.25, -0.2) is 0 Å². The lowest BCUT2D eigenvalue weighted by molar-refractivity contribution is 0.381. The maximum Gasteiger partial charge on any atom is 0.138 e. The highest BCUT2D eigenvalue weighted by atomic mass is 28.3. The van der Waals surface area contributed by atoms with Gasteiger partial charge in [0, 0.05) is 18.2 Å². The summed E-state index contributed by atoms with van der Waals surface area (Å²) in [5.41, 5.74) is 10.1. The maximum absolute atomic E-state index is 3.81. The first-order chi connectivity index (χ1) is 11.9. The van der Waals surface area contributed by atoms with Crippen LogP contribution in [-0.2, 0) is 11.8 Å². The molecule has 0 aliphatic heterocycles. The highest BCUT2D eigenvalue weighted by molar-refractivity contribution is 6.64. The van der Waals surface area contributed by atoms with Gasteiger partial charge in [0.15, 0.2) is 0 Å². The molecule has 1 unspecified atom stereocenters. The lowest BCUT2D eigenvalue weighted by Gasteiger charge is -2.39. The Hall–Kier alpha value is -1.20. The number of fused-ring (bicyclic) bond motifs is 1. The van der Waals surface area contributed by atoms with Crippen LogP contribution in [0.5, 0.6) is 0 Å². The Morgan fingerprint density at radius 1 is 1.16 bits per heavy atom. The third-order valence-electron chi connectivity index (χ3n) is 6.05. The van der Waals surface area contributed by atoms with Crippen molar-refractivity contribution in [2.24, 2.45) is 11.8 Å². The Morgan fingerprint density at radius 2 is 1.92 bits per heavy atom. The number of hydrogen-bond donors (Lipinski definition) is 1. The van der Waals surface area contributed by atoms with Crippen molar-refractivity contribution in [3.63, 3.8) is 0 Å². The molecule has 1 nitrogen and oxygen atoms in total. The second kappa shape index (κ2) is 6.51. The Labute approximate surface area is 155 Å². The number of rotatable bonds is 4. The molecule has 133 valence electrons. The molecule has 2 saturated carbocycles. The summed E-state index contributed by atoms with van der Waals surface area (Å²) in [4.78, 5) is 0. The minimum Gasteiger partial charge on any atom is -0.385 e. The average Bonchev–Trinajstić information content (AvgIpc) is 3.43. The number of benzene rings is 1. The van der Waals surface area contributed by atoms with Crippen LogP contribution in [0.3, 0.4) is 0 Å². The van der Waals surface area contributed by atoms with Gasteiger partial charge in [-0.05, 0) is 78.5 Å². The fourth-order valence-electron chi connectivity index (χ4n) is 4.54. The molecule has 0 heterocycles. The summed E-state index contributed by atoms with van der Waals surface area (Å²) in [6.07, 6.45) is 7.97. The summed E-state index contributed by atoms with van der Waals surface area (Å²) < 4.78 is 0. The zero-order valence-electron chi connectivity index (χ0n) is 16.3. The molecule has 4 rings (SSSR count). The summed E-state index contributed by atoms with van der Waals surface area (Å²) in [6.45, 7) is 10.7. The van der Waals surface area contributed by atoms with E-state index in [9.17, 15) is 0 Å². The van der Waals surface area contributed by atoms with Crippen molar-refractivity contribution in [3.8, 4) is 11.5 Å². The molecule has 1 atom stereocenters. The minimum absolute atomic E-state index is 0.220. The molecule has 0 saturated heterocycles. The van der Waals surface area contributed by atoms with E-state index in [0.29, 0.717) is 5.92 Å². The molecule has 1 N–H and O–H groups in total. The van der Waals surface area contributed by atoms with E-state index in [1.807, 2.05) is 0 Å². The minimum atomic E-state index is -0.453. The van der Waals surface area contributed by atoms with Crippen LogP contribution in [0.25, 0.3) is 0 Å². The van der Waals surface area contributed by atoms with E-state index >= 15 is 0 Å². The quantitative estimate of drug-likeness (QED) is 0.556. The van der Waals surface area contributed by atoms with Crippen molar-refractivity contribution in [3.05, 3.63) is 28.8 Å². The van der Waals surface area contributed by atoms with Gasteiger partial charge < -0.3 is 5.32 Å². The summed E-state index contributed by atoms with van der Waals surface area (Å²) >= 11 is 0. The van der Waals surface area contributed by atoms with Crippen LogP contribution in [0.1, 0.15) is 68.6 Å². The van der Waals surface area contributed by atoms with Gasteiger partial charge in [-0.2, -0.15) is 0 Å². The van der Waals surface area contributed by atoms with Gasteiger partial charge in [0.25, 0.3) is 0 Å². The Morgan fingerprint density at radius 3 is 2.56 bits per heavy atom. The smallest absolute Gasteiger partial charge is 0.138 e. The monoisotopic (exact) mass is 350 g/mol. The Bertz CT molecular complexity index is 714. The molecule has 3 aliphatic rings. The molecule has 0 spiro atoms. The average molecular weight is 351 g/mol. The highest BCUT2D eigenvalue weighted by Gasteiger charge is 2.38. The van der Waals surface area contributed by atoms with Crippen molar-refractivity contribution >= 4 is 14.5 Å². The zero-order chi connectivity index (χ0) is 17.6. The van der Waals surface area contributed by atoms with Crippen molar-refractivity contribution in [2.75, 3.05) is 11.9 Å². The fraction of sp³-hybridized carbons (Fsp3) is 0.652. The van der Waals surface area contributed by atoms with Crippen LogP contribution in [-0.4, -0.2) is 15.3 Å². The van der Waals surface area contributed by atoms with Crippen LogP contribution in [0.15, 0.2) is 12.1 Å². The van der Waals surface area contributed by atoms with Crippen molar-refractivity contribution in [2.45, 2.75) is 76.8 Å². The predicted molar refractivity (Wildman–Crippen MR) is 110 cm³/mol. The second-order valence-electron chi connectivity index (χ2n) is 9.41. The molecule has 1 aromatic rings. The number of hydrogen-bond acceptors (Lipinski definition) is 1. The standard InChI is InChI=1S/C23H32NSi/c1-23(2)14-17(11-12-25(3)4)13-20-19(18-7-8-18)9-10-21(22(20)23)24-15-16-5-6-16/h9-10,16-18,24H,5-8,13-15H2,1-4H3. The molecule has 3 aliphatic carbocycles. The van der Waals surface area contributed by atoms with Gasteiger partial charge in [-0.1, -0.05) is 33.0 Å². The van der Waals surface area contributed by atoms with Crippen molar-refractivity contribution in [1.82, 2.24) is 0 Å². The molecule has 0 amide bonds. The maximum atomic E-state index is 3.81. The largest absolute Gasteiger partial charge is 0.385 e. The molecule has 0 aromatic heterocycles. The summed E-state index contributed by atoms with van der Waals surface area (Å²) in [5.74, 6) is 5.94. The molecule has 2 fully saturated rings. The lowest BCUT2D eigenvalue weighted by Crippen LogP contribution is -2.31.